The molecular formula is C28H33F3N4O2S. The van der Waals surface area contributed by atoms with Crippen LogP contribution in [0.25, 0.3) is 0 Å². The zero-order valence-electron chi connectivity index (χ0n) is 22.2. The quantitative estimate of drug-likeness (QED) is 0.337. The van der Waals surface area contributed by atoms with Crippen molar-refractivity contribution in [2.45, 2.75) is 76.2 Å². The van der Waals surface area contributed by atoms with E-state index >= 15 is 0 Å². The number of pyridine rings is 1. The monoisotopic (exact) mass is 546 g/mol. The van der Waals surface area contributed by atoms with Crippen LogP contribution in [0.5, 0.6) is 0 Å². The van der Waals surface area contributed by atoms with Gasteiger partial charge in [0.2, 0.25) is 0 Å². The number of aliphatic hydroxyl groups is 1. The van der Waals surface area contributed by atoms with Crippen LogP contribution < -0.4 is 5.32 Å². The van der Waals surface area contributed by atoms with Gasteiger partial charge in [0.15, 0.2) is 0 Å². The smallest absolute Gasteiger partial charge is 0.388 e. The van der Waals surface area contributed by atoms with Crippen molar-refractivity contribution >= 4 is 17.7 Å². The number of amides is 1. The molecule has 1 fully saturated rings. The predicted molar refractivity (Wildman–Crippen MR) is 141 cm³/mol. The van der Waals surface area contributed by atoms with Crippen molar-refractivity contribution in [2.75, 3.05) is 6.26 Å². The van der Waals surface area contributed by atoms with Crippen LogP contribution in [0.2, 0.25) is 0 Å². The molecule has 38 heavy (non-hydrogen) atoms. The predicted octanol–water partition coefficient (Wildman–Crippen LogP) is 6.05. The molecule has 0 spiro atoms. The fourth-order valence-electron chi connectivity index (χ4n) is 4.44. The number of halogens is 3. The van der Waals surface area contributed by atoms with Crippen LogP contribution in [0, 0.1) is 12.8 Å². The molecule has 0 aliphatic heterocycles. The number of nitrogens with one attached hydrogen (secondary N) is 1. The number of hydrogen-bond acceptors (Lipinski definition) is 5. The number of aliphatic hydroxyl groups excluding tert-OH is 1. The van der Waals surface area contributed by atoms with Gasteiger partial charge in [-0.3, -0.25) is 9.78 Å². The fraction of sp³-hybridized carbons (Fsp3) is 0.464. The van der Waals surface area contributed by atoms with Crippen LogP contribution in [0.4, 0.5) is 13.2 Å². The highest BCUT2D eigenvalue weighted by molar-refractivity contribution is 7.98. The number of aromatic nitrogens is 3. The molecule has 4 rings (SSSR count). The Kier molecular flexibility index (Phi) is 7.95. The van der Waals surface area contributed by atoms with E-state index in [0.717, 1.165) is 23.8 Å². The minimum absolute atomic E-state index is 0.0186. The molecule has 2 aromatic heterocycles. The Morgan fingerprint density at radius 2 is 1.92 bits per heavy atom. The molecule has 0 bridgehead atoms. The van der Waals surface area contributed by atoms with Gasteiger partial charge in [0, 0.05) is 28.7 Å². The second kappa shape index (κ2) is 10.7. The van der Waals surface area contributed by atoms with E-state index in [2.05, 4.69) is 15.3 Å². The minimum atomic E-state index is -4.59. The Morgan fingerprint density at radius 1 is 1.21 bits per heavy atom. The summed E-state index contributed by atoms with van der Waals surface area (Å²) in [4.78, 5) is 23.0. The summed E-state index contributed by atoms with van der Waals surface area (Å²) in [5.41, 5.74) is 0.361. The average Bonchev–Trinajstić information content (AvgIpc) is 3.65. The van der Waals surface area contributed by atoms with Gasteiger partial charge >= 0.3 is 6.18 Å². The van der Waals surface area contributed by atoms with E-state index in [0.29, 0.717) is 17.2 Å². The highest BCUT2D eigenvalue weighted by Crippen LogP contribution is 2.43. The van der Waals surface area contributed by atoms with E-state index in [1.165, 1.54) is 6.07 Å². The van der Waals surface area contributed by atoms with Gasteiger partial charge in [-0.15, -0.1) is 11.8 Å². The first kappa shape index (κ1) is 28.2. The Labute approximate surface area is 225 Å². The van der Waals surface area contributed by atoms with Gasteiger partial charge in [0.25, 0.3) is 5.91 Å². The normalized spacial score (nSPS) is 15.0. The molecule has 1 aromatic carbocycles. The third-order valence-corrected chi connectivity index (χ3v) is 7.46. The second-order valence-electron chi connectivity index (χ2n) is 10.8. The standard InChI is InChI=1S/C28H33F3N4O2S/c1-16-23(25(37)33-13-20-10-11-21(38-5)14-32-20)34-26(27(2,3)4)35(16)15-19-9-8-18(24(36)17-6-7-17)12-22(19)28(29,30)31/h8-12,14,17,24,36H,6-7,13,15H2,1-5H3,(H,33,37). The fourth-order valence-corrected chi connectivity index (χ4v) is 4.80. The number of thioether (sulfide) groups is 1. The SMILES string of the molecule is CSc1ccc(CNC(=O)c2nc(C(C)(C)C)n(Cc3ccc(C(O)C4CC4)cc3C(F)(F)F)c2C)nc1. The summed E-state index contributed by atoms with van der Waals surface area (Å²) in [5.74, 6) is 0.115. The van der Waals surface area contributed by atoms with Gasteiger partial charge in [-0.25, -0.2) is 4.98 Å². The Morgan fingerprint density at radius 3 is 2.47 bits per heavy atom. The lowest BCUT2D eigenvalue weighted by Crippen LogP contribution is -2.24. The number of imidazole rings is 1. The van der Waals surface area contributed by atoms with Crippen molar-refractivity contribution in [1.82, 2.24) is 19.9 Å². The second-order valence-corrected chi connectivity index (χ2v) is 11.7. The molecule has 0 saturated heterocycles. The molecule has 1 saturated carbocycles. The van der Waals surface area contributed by atoms with Crippen molar-refractivity contribution in [3.63, 3.8) is 0 Å². The average molecular weight is 547 g/mol. The largest absolute Gasteiger partial charge is 0.416 e. The maximum atomic E-state index is 14.1. The van der Waals surface area contributed by atoms with Crippen LogP contribution in [0.15, 0.2) is 41.4 Å². The first-order valence-corrected chi connectivity index (χ1v) is 13.7. The van der Waals surface area contributed by atoms with Crippen LogP contribution >= 0.6 is 11.8 Å². The Hall–Kier alpha value is -2.85. The molecule has 1 unspecified atom stereocenters. The van der Waals surface area contributed by atoms with Crippen LogP contribution in [-0.4, -0.2) is 31.8 Å². The molecule has 204 valence electrons. The first-order chi connectivity index (χ1) is 17.8. The first-order valence-electron chi connectivity index (χ1n) is 12.5. The zero-order chi connectivity index (χ0) is 27.8. The highest BCUT2D eigenvalue weighted by Gasteiger charge is 2.37. The molecular weight excluding hydrogens is 513 g/mol. The maximum absolute atomic E-state index is 14.1. The van der Waals surface area contributed by atoms with Gasteiger partial charge in [-0.2, -0.15) is 13.2 Å². The van der Waals surface area contributed by atoms with E-state index in [9.17, 15) is 23.1 Å². The van der Waals surface area contributed by atoms with E-state index in [-0.39, 0.29) is 35.8 Å². The van der Waals surface area contributed by atoms with Gasteiger partial charge in [-0.05, 0) is 61.3 Å². The number of carbonyl (C=O) groups is 1. The third-order valence-electron chi connectivity index (χ3n) is 6.75. The molecule has 1 atom stereocenters. The summed E-state index contributed by atoms with van der Waals surface area (Å²) < 4.78 is 44.0. The van der Waals surface area contributed by atoms with Gasteiger partial charge in [-0.1, -0.05) is 32.9 Å². The minimum Gasteiger partial charge on any atom is -0.388 e. The van der Waals surface area contributed by atoms with Crippen molar-refractivity contribution in [2.24, 2.45) is 5.92 Å². The summed E-state index contributed by atoms with van der Waals surface area (Å²) >= 11 is 1.57. The lowest BCUT2D eigenvalue weighted by atomic mass is 9.95. The number of hydrogen-bond donors (Lipinski definition) is 2. The molecule has 1 aliphatic carbocycles. The number of nitrogens with zero attached hydrogens (tertiary/aromatic N) is 3. The molecule has 2 N–H and O–H groups in total. The Balaban J connectivity index is 1.64. The van der Waals surface area contributed by atoms with Gasteiger partial charge in [0.1, 0.15) is 11.5 Å². The number of carbonyl (C=O) groups excluding carboxylic acids is 1. The van der Waals surface area contributed by atoms with Crippen molar-refractivity contribution < 1.29 is 23.1 Å². The molecule has 3 aromatic rings. The topological polar surface area (TPSA) is 80.0 Å². The molecule has 2 heterocycles. The van der Waals surface area contributed by atoms with E-state index in [1.54, 1.807) is 35.5 Å². The lowest BCUT2D eigenvalue weighted by molar-refractivity contribution is -0.138. The molecule has 1 aliphatic rings. The number of rotatable bonds is 8. The van der Waals surface area contributed by atoms with E-state index in [1.807, 2.05) is 39.2 Å². The summed E-state index contributed by atoms with van der Waals surface area (Å²) in [7, 11) is 0. The highest BCUT2D eigenvalue weighted by atomic mass is 32.2. The lowest BCUT2D eigenvalue weighted by Gasteiger charge is -2.23. The van der Waals surface area contributed by atoms with Crippen molar-refractivity contribution in [3.05, 3.63) is 76.1 Å². The van der Waals surface area contributed by atoms with Crippen molar-refractivity contribution in [3.8, 4) is 0 Å². The maximum Gasteiger partial charge on any atom is 0.416 e. The van der Waals surface area contributed by atoms with Gasteiger partial charge < -0.3 is 15.0 Å². The molecule has 10 heteroatoms. The number of benzene rings is 1. The summed E-state index contributed by atoms with van der Waals surface area (Å²) in [6, 6.07) is 7.81. The van der Waals surface area contributed by atoms with Crippen LogP contribution in [0.1, 0.15) is 84.1 Å². The summed E-state index contributed by atoms with van der Waals surface area (Å²) in [6.07, 6.45) is -0.170. The molecule has 0 radical (unpaired) electrons. The van der Waals surface area contributed by atoms with Crippen LogP contribution in [-0.2, 0) is 24.7 Å². The molecule has 1 amide bonds. The summed E-state index contributed by atoms with van der Waals surface area (Å²) in [5, 5.41) is 13.2. The number of alkyl halides is 3. The van der Waals surface area contributed by atoms with Crippen molar-refractivity contribution in [1.29, 1.82) is 0 Å². The third kappa shape index (κ3) is 6.23. The zero-order valence-corrected chi connectivity index (χ0v) is 23.0. The summed E-state index contributed by atoms with van der Waals surface area (Å²) in [6.45, 7) is 7.51. The molecule has 6 nitrogen and oxygen atoms in total. The van der Waals surface area contributed by atoms with E-state index < -0.39 is 29.2 Å². The van der Waals surface area contributed by atoms with Gasteiger partial charge in [0.05, 0.1) is 23.9 Å². The Bertz CT molecular complexity index is 1310. The van der Waals surface area contributed by atoms with E-state index in [4.69, 9.17) is 0 Å². The van der Waals surface area contributed by atoms with Crippen LogP contribution in [0.3, 0.4) is 0 Å².